The summed E-state index contributed by atoms with van der Waals surface area (Å²) in [5, 5.41) is 0. The van der Waals surface area contributed by atoms with Gasteiger partial charge in [-0.25, -0.2) is 0 Å². The van der Waals surface area contributed by atoms with Crippen molar-refractivity contribution in [2.24, 2.45) is 35.5 Å². The Labute approximate surface area is 382 Å². The van der Waals surface area contributed by atoms with Crippen LogP contribution in [0.2, 0.25) is 0 Å². The van der Waals surface area contributed by atoms with Crippen LogP contribution in [0, 0.1) is 49.4 Å². The Bertz CT molecular complexity index is 1820. The second kappa shape index (κ2) is 25.3. The molecule has 2 saturated carbocycles. The lowest BCUT2D eigenvalue weighted by Gasteiger charge is -2.37. The van der Waals surface area contributed by atoms with Crippen molar-refractivity contribution in [2.75, 3.05) is 33.0 Å². The van der Waals surface area contributed by atoms with Gasteiger partial charge in [0.2, 0.25) is 0 Å². The molecule has 0 unspecified atom stereocenters. The van der Waals surface area contributed by atoms with Crippen molar-refractivity contribution in [1.29, 1.82) is 0 Å². The van der Waals surface area contributed by atoms with E-state index in [2.05, 4.69) is 125 Å². The molecule has 8 rings (SSSR count). The highest BCUT2D eigenvalue weighted by Crippen LogP contribution is 2.38. The fourth-order valence-electron chi connectivity index (χ4n) is 10.2. The summed E-state index contributed by atoms with van der Waals surface area (Å²) in [7, 11) is 0. The molecule has 0 amide bonds. The first-order valence-corrected chi connectivity index (χ1v) is 25.3. The number of benzene rings is 4. The van der Waals surface area contributed by atoms with E-state index in [-0.39, 0.29) is 12.6 Å². The molecule has 4 aliphatic rings. The van der Waals surface area contributed by atoms with Gasteiger partial charge in [-0.2, -0.15) is 0 Å². The number of aryl methyl sites for hydroxylation is 2. The lowest BCUT2D eigenvalue weighted by molar-refractivity contribution is -0.214. The highest BCUT2D eigenvalue weighted by atomic mass is 16.7. The minimum Gasteiger partial charge on any atom is -0.494 e. The molecule has 0 radical (unpaired) electrons. The van der Waals surface area contributed by atoms with Gasteiger partial charge in [0, 0.05) is 17.4 Å². The van der Waals surface area contributed by atoms with E-state index in [4.69, 9.17) is 23.7 Å². The zero-order chi connectivity index (χ0) is 43.6. The Kier molecular flexibility index (Phi) is 19.1. The Morgan fingerprint density at radius 1 is 0.429 bits per heavy atom. The van der Waals surface area contributed by atoms with Crippen molar-refractivity contribution in [2.45, 2.75) is 149 Å². The van der Waals surface area contributed by atoms with Crippen molar-refractivity contribution in [1.82, 2.24) is 0 Å². The number of hydrogen-bond acceptors (Lipinski definition) is 5. The van der Waals surface area contributed by atoms with Gasteiger partial charge < -0.3 is 23.7 Å². The summed E-state index contributed by atoms with van der Waals surface area (Å²) in [6.45, 7) is 13.3. The van der Waals surface area contributed by atoms with Gasteiger partial charge in [0.1, 0.15) is 5.75 Å². The maximum atomic E-state index is 6.10. The van der Waals surface area contributed by atoms with Crippen LogP contribution in [0.4, 0.5) is 0 Å². The third-order valence-electron chi connectivity index (χ3n) is 14.7. The first-order valence-electron chi connectivity index (χ1n) is 25.3. The van der Waals surface area contributed by atoms with Crippen molar-refractivity contribution in [3.8, 4) is 28.0 Å². The van der Waals surface area contributed by atoms with E-state index in [0.29, 0.717) is 11.8 Å². The van der Waals surface area contributed by atoms with Crippen LogP contribution in [0.5, 0.6) is 5.75 Å². The summed E-state index contributed by atoms with van der Waals surface area (Å²) in [4.78, 5) is 0. The molecule has 2 heterocycles. The molecule has 0 aromatic heterocycles. The minimum atomic E-state index is -0.208. The molecular formula is C58H80O5. The zero-order valence-electron chi connectivity index (χ0n) is 39.5. The van der Waals surface area contributed by atoms with Crippen LogP contribution >= 0.6 is 0 Å². The number of rotatable bonds is 17. The summed E-state index contributed by atoms with van der Waals surface area (Å²) in [5.41, 5.74) is 8.66. The van der Waals surface area contributed by atoms with E-state index < -0.39 is 0 Å². The second-order valence-corrected chi connectivity index (χ2v) is 20.1. The maximum absolute atomic E-state index is 6.10. The summed E-state index contributed by atoms with van der Waals surface area (Å²) in [6, 6.07) is 34.4. The van der Waals surface area contributed by atoms with Crippen LogP contribution in [0.3, 0.4) is 0 Å². The Morgan fingerprint density at radius 2 is 0.889 bits per heavy atom. The fourth-order valence-corrected chi connectivity index (χ4v) is 10.2. The molecule has 2 saturated heterocycles. The van der Waals surface area contributed by atoms with E-state index in [1.54, 1.807) is 0 Å². The van der Waals surface area contributed by atoms with E-state index in [1.165, 1.54) is 130 Å². The van der Waals surface area contributed by atoms with Crippen LogP contribution in [-0.4, -0.2) is 39.3 Å². The molecule has 0 atom stereocenters. The average Bonchev–Trinajstić information content (AvgIpc) is 3.32. The first kappa shape index (κ1) is 47.5. The van der Waals surface area contributed by atoms with Crippen molar-refractivity contribution in [3.05, 3.63) is 114 Å². The summed E-state index contributed by atoms with van der Waals surface area (Å²) < 4.78 is 30.2. The normalized spacial score (nSPS) is 26.3. The standard InChI is InChI=1S/C34H50O3.C24H30O2/c1-27-12-16-29(17-13-27)9-6-7-10-30-25-36-34(37-26-30)11-5-3-4-8-24-35-33-22-20-32(21-23-33)31-18-14-28(2)15-19-31;1-17-3-7-19(8-4-17)20-11-13-22(14-12-20)24-25-15-23(16-26-24)21-9-5-18(2)6-10-21/h14-15,18-23,27,29-30,34H,3-13,16-17,24-26H2,1-2H3;3-4,7-8,11-14,18,21,23-24H,5-6,9-10,15-16H2,1-2H3. The number of hydrogen-bond donors (Lipinski definition) is 0. The topological polar surface area (TPSA) is 46.2 Å². The van der Waals surface area contributed by atoms with E-state index >= 15 is 0 Å². The van der Waals surface area contributed by atoms with Gasteiger partial charge in [-0.3, -0.25) is 0 Å². The molecule has 2 aliphatic heterocycles. The smallest absolute Gasteiger partial charge is 0.183 e. The molecule has 4 aromatic carbocycles. The van der Waals surface area contributed by atoms with Gasteiger partial charge in [0.15, 0.2) is 12.6 Å². The van der Waals surface area contributed by atoms with Gasteiger partial charge >= 0.3 is 0 Å². The van der Waals surface area contributed by atoms with Gasteiger partial charge in [0.05, 0.1) is 33.0 Å². The predicted octanol–water partition coefficient (Wildman–Crippen LogP) is 15.5. The highest BCUT2D eigenvalue weighted by molar-refractivity contribution is 5.65. The van der Waals surface area contributed by atoms with Crippen LogP contribution in [0.1, 0.15) is 146 Å². The third kappa shape index (κ3) is 15.6. The molecular weight excluding hydrogens is 777 g/mol. The van der Waals surface area contributed by atoms with Gasteiger partial charge in [-0.15, -0.1) is 0 Å². The summed E-state index contributed by atoms with van der Waals surface area (Å²) >= 11 is 0. The summed E-state index contributed by atoms with van der Waals surface area (Å²) in [6.07, 6.45) is 22.2. The molecule has 5 nitrogen and oxygen atoms in total. The van der Waals surface area contributed by atoms with E-state index in [9.17, 15) is 0 Å². The number of ether oxygens (including phenoxy) is 5. The third-order valence-corrected chi connectivity index (χ3v) is 14.7. The maximum Gasteiger partial charge on any atom is 0.183 e. The van der Waals surface area contributed by atoms with Gasteiger partial charge in [-0.1, -0.05) is 181 Å². The summed E-state index contributed by atoms with van der Waals surface area (Å²) in [5.74, 6) is 5.79. The Morgan fingerprint density at radius 3 is 1.44 bits per heavy atom. The molecule has 342 valence electrons. The molecule has 4 fully saturated rings. The van der Waals surface area contributed by atoms with E-state index in [1.807, 2.05) is 0 Å². The number of unbranched alkanes of at least 4 members (excludes halogenated alkanes) is 4. The molecule has 63 heavy (non-hydrogen) atoms. The molecule has 4 aromatic rings. The molecule has 5 heteroatoms. The van der Waals surface area contributed by atoms with Crippen LogP contribution in [0.25, 0.3) is 22.3 Å². The van der Waals surface area contributed by atoms with Crippen LogP contribution in [0.15, 0.2) is 97.1 Å². The molecule has 0 spiro atoms. The minimum absolute atomic E-state index is 0.0174. The zero-order valence-corrected chi connectivity index (χ0v) is 39.5. The lowest BCUT2D eigenvalue weighted by Crippen LogP contribution is -2.34. The fraction of sp³-hybridized carbons (Fsp3) is 0.586. The molecule has 0 bridgehead atoms. The van der Waals surface area contributed by atoms with Crippen LogP contribution < -0.4 is 4.74 Å². The van der Waals surface area contributed by atoms with Crippen molar-refractivity contribution >= 4 is 0 Å². The van der Waals surface area contributed by atoms with Gasteiger partial charge in [-0.05, 0) is 110 Å². The SMILES string of the molecule is Cc1ccc(-c2ccc(C3OCC(C4CCC(C)CC4)CO3)cc2)cc1.Cc1ccc(-c2ccc(OCCCCCCC3OCC(CCCCC4CCC(C)CC4)CO3)cc2)cc1. The predicted molar refractivity (Wildman–Crippen MR) is 260 cm³/mol. The first-order chi connectivity index (χ1) is 30.8. The van der Waals surface area contributed by atoms with E-state index in [0.717, 1.165) is 80.9 Å². The van der Waals surface area contributed by atoms with Crippen molar-refractivity contribution in [3.63, 3.8) is 0 Å². The highest BCUT2D eigenvalue weighted by Gasteiger charge is 2.31. The largest absolute Gasteiger partial charge is 0.494 e. The average molecular weight is 857 g/mol. The quantitative estimate of drug-likeness (QED) is 0.0990. The second-order valence-electron chi connectivity index (χ2n) is 20.1. The molecule has 0 N–H and O–H groups in total. The van der Waals surface area contributed by atoms with Crippen molar-refractivity contribution < 1.29 is 23.7 Å². The molecule has 2 aliphatic carbocycles. The van der Waals surface area contributed by atoms with Crippen LogP contribution in [-0.2, 0) is 18.9 Å². The lowest BCUT2D eigenvalue weighted by atomic mass is 9.76. The Hall–Kier alpha value is -3.48. The van der Waals surface area contributed by atoms with Gasteiger partial charge in [0.25, 0.3) is 0 Å². The monoisotopic (exact) mass is 857 g/mol. The Balaban J connectivity index is 0.000000200.